The predicted molar refractivity (Wildman–Crippen MR) is 66.2 cm³/mol. The number of fused-ring (bicyclic) bond motifs is 1. The Morgan fingerprint density at radius 3 is 1.50 bits per heavy atom. The quantitative estimate of drug-likeness (QED) is 0.747. The van der Waals surface area contributed by atoms with Crippen molar-refractivity contribution in [1.29, 1.82) is 0 Å². The van der Waals surface area contributed by atoms with Crippen molar-refractivity contribution in [3.63, 3.8) is 0 Å². The maximum Gasteiger partial charge on any atom is 0.303 e. The molecule has 0 saturated carbocycles. The van der Waals surface area contributed by atoms with Crippen molar-refractivity contribution >= 4 is 23.5 Å². The van der Waals surface area contributed by atoms with E-state index in [1.165, 1.54) is 12.1 Å². The van der Waals surface area contributed by atoms with E-state index in [4.69, 9.17) is 9.47 Å². The van der Waals surface area contributed by atoms with Gasteiger partial charge in [0.25, 0.3) is 0 Å². The van der Waals surface area contributed by atoms with Crippen LogP contribution < -0.4 is 0 Å². The van der Waals surface area contributed by atoms with E-state index >= 15 is 0 Å². The summed E-state index contributed by atoms with van der Waals surface area (Å²) in [4.78, 5) is 46.7. The lowest BCUT2D eigenvalue weighted by Crippen LogP contribution is -2.49. The fourth-order valence-corrected chi connectivity index (χ4v) is 2.08. The number of ketones is 2. The smallest absolute Gasteiger partial charge is 0.303 e. The average Bonchev–Trinajstić information content (AvgIpc) is 2.39. The van der Waals surface area contributed by atoms with Gasteiger partial charge in [0.15, 0.2) is 0 Å². The Balaban J connectivity index is 2.48. The van der Waals surface area contributed by atoms with Gasteiger partial charge in [0, 0.05) is 25.0 Å². The highest BCUT2D eigenvalue weighted by Crippen LogP contribution is 2.26. The molecule has 6 nitrogen and oxygen atoms in total. The summed E-state index contributed by atoms with van der Waals surface area (Å²) >= 11 is 0. The molecule has 0 saturated heterocycles. The highest BCUT2D eigenvalue weighted by atomic mass is 16.6. The van der Waals surface area contributed by atoms with Crippen LogP contribution in [0.4, 0.5) is 0 Å². The molecule has 0 N–H and O–H groups in total. The van der Waals surface area contributed by atoms with Crippen LogP contribution in [0.5, 0.6) is 0 Å². The van der Waals surface area contributed by atoms with Gasteiger partial charge in [-0.05, 0) is 0 Å². The zero-order valence-corrected chi connectivity index (χ0v) is 10.9. The molecule has 0 amide bonds. The Morgan fingerprint density at radius 1 is 0.850 bits per heavy atom. The molecule has 1 aliphatic carbocycles. The second-order valence-corrected chi connectivity index (χ2v) is 4.33. The van der Waals surface area contributed by atoms with E-state index in [-0.39, 0.29) is 11.1 Å². The minimum Gasteiger partial charge on any atom is -0.450 e. The Morgan fingerprint density at radius 2 is 1.20 bits per heavy atom. The van der Waals surface area contributed by atoms with E-state index in [9.17, 15) is 19.2 Å². The van der Waals surface area contributed by atoms with Crippen LogP contribution in [0.25, 0.3) is 0 Å². The van der Waals surface area contributed by atoms with Crippen molar-refractivity contribution in [3.8, 4) is 0 Å². The third-order valence-electron chi connectivity index (χ3n) is 2.84. The first-order valence-electron chi connectivity index (χ1n) is 5.93. The van der Waals surface area contributed by atoms with Gasteiger partial charge in [0.1, 0.15) is 0 Å². The van der Waals surface area contributed by atoms with Crippen molar-refractivity contribution < 1.29 is 28.7 Å². The molecule has 20 heavy (non-hydrogen) atoms. The standard InChI is InChI=1S/C14H12O6/c1-7(15)19-13-11(17)9-5-3-4-6-10(9)12(18)14(13)20-8(2)16/h3-6,13-14H,1-2H3. The molecule has 1 aliphatic rings. The Labute approximate surface area is 114 Å². The first-order chi connectivity index (χ1) is 9.41. The zero-order chi connectivity index (χ0) is 14.9. The predicted octanol–water partition coefficient (Wildman–Crippen LogP) is 0.929. The van der Waals surface area contributed by atoms with Crippen LogP contribution in [0, 0.1) is 0 Å². The van der Waals surface area contributed by atoms with Gasteiger partial charge in [-0.2, -0.15) is 0 Å². The van der Waals surface area contributed by atoms with E-state index in [0.717, 1.165) is 13.8 Å². The Hall–Kier alpha value is -2.50. The number of hydrogen-bond donors (Lipinski definition) is 0. The van der Waals surface area contributed by atoms with Crippen LogP contribution in [0.1, 0.15) is 34.6 Å². The fraction of sp³-hybridized carbons (Fsp3) is 0.286. The van der Waals surface area contributed by atoms with Gasteiger partial charge in [-0.15, -0.1) is 0 Å². The lowest BCUT2D eigenvalue weighted by Gasteiger charge is -2.29. The molecule has 0 fully saturated rings. The van der Waals surface area contributed by atoms with Gasteiger partial charge >= 0.3 is 11.9 Å². The molecule has 0 radical (unpaired) electrons. The second-order valence-electron chi connectivity index (χ2n) is 4.33. The lowest BCUT2D eigenvalue weighted by molar-refractivity contribution is -0.158. The second kappa shape index (κ2) is 5.24. The van der Waals surface area contributed by atoms with Crippen LogP contribution in [0.3, 0.4) is 0 Å². The summed E-state index contributed by atoms with van der Waals surface area (Å²) in [6, 6.07) is 6.13. The first-order valence-corrected chi connectivity index (χ1v) is 5.93. The molecular formula is C14H12O6. The Kier molecular flexibility index (Phi) is 3.65. The van der Waals surface area contributed by atoms with Crippen LogP contribution in [0.2, 0.25) is 0 Å². The van der Waals surface area contributed by atoms with Crippen LogP contribution >= 0.6 is 0 Å². The number of rotatable bonds is 2. The summed E-state index contributed by atoms with van der Waals surface area (Å²) in [6.07, 6.45) is -2.86. The zero-order valence-electron chi connectivity index (χ0n) is 10.9. The topological polar surface area (TPSA) is 86.7 Å². The van der Waals surface area contributed by atoms with Crippen molar-refractivity contribution in [2.24, 2.45) is 0 Å². The van der Waals surface area contributed by atoms with Gasteiger partial charge < -0.3 is 9.47 Å². The van der Waals surface area contributed by atoms with Crippen molar-refractivity contribution in [1.82, 2.24) is 0 Å². The van der Waals surface area contributed by atoms with Crippen molar-refractivity contribution in [2.45, 2.75) is 26.1 Å². The van der Waals surface area contributed by atoms with Gasteiger partial charge in [0.2, 0.25) is 23.8 Å². The molecule has 2 rings (SSSR count). The minimum atomic E-state index is -1.43. The number of hydrogen-bond acceptors (Lipinski definition) is 6. The van der Waals surface area contributed by atoms with Gasteiger partial charge in [-0.25, -0.2) is 0 Å². The first kappa shape index (κ1) is 13.9. The number of esters is 2. The summed E-state index contributed by atoms with van der Waals surface area (Å²) in [5.41, 5.74) is 0.319. The van der Waals surface area contributed by atoms with Crippen molar-refractivity contribution in [3.05, 3.63) is 35.4 Å². The third kappa shape index (κ3) is 2.45. The molecule has 2 atom stereocenters. The highest BCUT2D eigenvalue weighted by Gasteiger charge is 2.45. The van der Waals surface area contributed by atoms with Gasteiger partial charge in [0.05, 0.1) is 0 Å². The largest absolute Gasteiger partial charge is 0.450 e. The number of carbonyl (C=O) groups is 4. The monoisotopic (exact) mass is 276 g/mol. The molecule has 104 valence electrons. The number of Topliss-reactive ketones (excluding diaryl/α,β-unsaturated/α-hetero) is 2. The van der Waals surface area contributed by atoms with E-state index in [0.29, 0.717) is 0 Å². The average molecular weight is 276 g/mol. The summed E-state index contributed by atoms with van der Waals surface area (Å²) in [5.74, 6) is -2.57. The lowest BCUT2D eigenvalue weighted by atomic mass is 9.85. The van der Waals surface area contributed by atoms with Gasteiger partial charge in [-0.1, -0.05) is 24.3 Å². The van der Waals surface area contributed by atoms with E-state index in [1.54, 1.807) is 12.1 Å². The molecule has 0 aromatic heterocycles. The van der Waals surface area contributed by atoms with Crippen LogP contribution in [-0.4, -0.2) is 35.7 Å². The molecule has 1 aromatic carbocycles. The Bertz CT molecular complexity index is 550. The SMILES string of the molecule is CC(=O)OC1C(=O)c2ccccc2C(=O)C1OC(C)=O. The van der Waals surface area contributed by atoms with Gasteiger partial charge in [-0.3, -0.25) is 19.2 Å². The summed E-state index contributed by atoms with van der Waals surface area (Å²) in [6.45, 7) is 2.23. The summed E-state index contributed by atoms with van der Waals surface area (Å²) in [7, 11) is 0. The van der Waals surface area contributed by atoms with E-state index < -0.39 is 35.7 Å². The molecular weight excluding hydrogens is 264 g/mol. The minimum absolute atomic E-state index is 0.159. The van der Waals surface area contributed by atoms with Crippen LogP contribution in [0.15, 0.2) is 24.3 Å². The number of ether oxygens (including phenoxy) is 2. The van der Waals surface area contributed by atoms with Crippen molar-refractivity contribution in [2.75, 3.05) is 0 Å². The molecule has 0 heterocycles. The molecule has 2 unspecified atom stereocenters. The number of carbonyl (C=O) groups excluding carboxylic acids is 4. The highest BCUT2D eigenvalue weighted by molar-refractivity contribution is 6.18. The fourth-order valence-electron chi connectivity index (χ4n) is 2.08. The maximum atomic E-state index is 12.3. The molecule has 6 heteroatoms. The number of benzene rings is 1. The maximum absolute atomic E-state index is 12.3. The molecule has 0 aliphatic heterocycles. The van der Waals surface area contributed by atoms with E-state index in [2.05, 4.69) is 0 Å². The molecule has 0 bridgehead atoms. The third-order valence-corrected chi connectivity index (χ3v) is 2.84. The summed E-state index contributed by atoms with van der Waals surface area (Å²) in [5, 5.41) is 0. The summed E-state index contributed by atoms with van der Waals surface area (Å²) < 4.78 is 9.72. The van der Waals surface area contributed by atoms with E-state index in [1.807, 2.05) is 0 Å². The van der Waals surface area contributed by atoms with Crippen LogP contribution in [-0.2, 0) is 19.1 Å². The normalized spacial score (nSPS) is 21.1. The molecule has 0 spiro atoms. The molecule has 1 aromatic rings.